The van der Waals surface area contributed by atoms with Crippen molar-refractivity contribution in [2.75, 3.05) is 20.3 Å². The molecule has 0 aliphatic carbocycles. The van der Waals surface area contributed by atoms with Gasteiger partial charge >= 0.3 is 12.1 Å². The Bertz CT molecular complexity index is 1020. The molecule has 2 aromatic carbocycles. The lowest BCUT2D eigenvalue weighted by Gasteiger charge is -2.22. The molecule has 0 aliphatic heterocycles. The smallest absolute Gasteiger partial charge is 0.482 e. The predicted molar refractivity (Wildman–Crippen MR) is 116 cm³/mol. The van der Waals surface area contributed by atoms with E-state index < -0.39 is 36.5 Å². The lowest BCUT2D eigenvalue weighted by molar-refractivity contribution is -0.139. The number of nitrogens with zero attached hydrogens (tertiary/aromatic N) is 2. The van der Waals surface area contributed by atoms with Crippen molar-refractivity contribution in [3.63, 3.8) is 0 Å². The quantitative estimate of drug-likeness (QED) is 0.143. The van der Waals surface area contributed by atoms with Gasteiger partial charge in [-0.3, -0.25) is 19.3 Å². The van der Waals surface area contributed by atoms with Crippen molar-refractivity contribution in [3.05, 3.63) is 65.7 Å². The Labute approximate surface area is 189 Å². The molecule has 0 fully saturated rings. The van der Waals surface area contributed by atoms with E-state index >= 15 is 0 Å². The molecule has 1 unspecified atom stereocenters. The first kappa shape index (κ1) is 25.0. The second-order valence-electron chi connectivity index (χ2n) is 6.50. The average molecular weight is 457 g/mol. The van der Waals surface area contributed by atoms with Crippen LogP contribution in [0.2, 0.25) is 0 Å². The minimum Gasteiger partial charge on any atom is -0.482 e. The van der Waals surface area contributed by atoms with Crippen LogP contribution in [0.3, 0.4) is 0 Å². The van der Waals surface area contributed by atoms with Gasteiger partial charge in [0, 0.05) is 18.2 Å². The Balaban J connectivity index is 2.28. The van der Waals surface area contributed by atoms with Gasteiger partial charge in [0.25, 0.3) is 5.91 Å². The Morgan fingerprint density at radius 1 is 1.03 bits per heavy atom. The van der Waals surface area contributed by atoms with Crippen LogP contribution in [0.15, 0.2) is 59.8 Å². The van der Waals surface area contributed by atoms with Crippen molar-refractivity contribution in [1.82, 2.24) is 4.90 Å². The summed E-state index contributed by atoms with van der Waals surface area (Å²) in [6.07, 6.45) is -1.13. The molecule has 1 atom stereocenters. The molecular weight excluding hydrogens is 434 g/mol. The van der Waals surface area contributed by atoms with Crippen LogP contribution in [0.4, 0.5) is 4.79 Å². The topological polar surface area (TPSA) is 158 Å². The van der Waals surface area contributed by atoms with E-state index in [1.165, 1.54) is 31.3 Å². The summed E-state index contributed by atoms with van der Waals surface area (Å²) in [5.41, 5.74) is 6.52. The van der Waals surface area contributed by atoms with E-state index in [-0.39, 0.29) is 23.8 Å². The fourth-order valence-corrected chi connectivity index (χ4v) is 2.59. The summed E-state index contributed by atoms with van der Waals surface area (Å²) < 4.78 is 9.67. The number of aliphatic carboxylic acids is 1. The third-order valence-corrected chi connectivity index (χ3v) is 4.21. The Hall–Kier alpha value is -4.25. The van der Waals surface area contributed by atoms with Gasteiger partial charge in [-0.25, -0.2) is 9.59 Å². The number of amidine groups is 1. The van der Waals surface area contributed by atoms with E-state index in [1.54, 1.807) is 37.3 Å². The molecular formula is C22H23N3O8. The average Bonchev–Trinajstić information content (AvgIpc) is 2.82. The zero-order valence-electron chi connectivity index (χ0n) is 18.0. The third-order valence-electron chi connectivity index (χ3n) is 4.21. The number of amides is 1. The number of rotatable bonds is 9. The van der Waals surface area contributed by atoms with E-state index in [0.717, 1.165) is 4.90 Å². The van der Waals surface area contributed by atoms with Gasteiger partial charge in [0.1, 0.15) is 11.8 Å². The van der Waals surface area contributed by atoms with E-state index in [2.05, 4.69) is 14.7 Å². The Morgan fingerprint density at radius 2 is 1.67 bits per heavy atom. The molecule has 11 heteroatoms. The fourth-order valence-electron chi connectivity index (χ4n) is 2.59. The van der Waals surface area contributed by atoms with Crippen LogP contribution in [0.1, 0.15) is 27.6 Å². The number of hydrogen-bond acceptors (Lipinski definition) is 9. The van der Waals surface area contributed by atoms with Gasteiger partial charge < -0.3 is 20.3 Å². The minimum absolute atomic E-state index is 0.0315. The highest BCUT2D eigenvalue weighted by Crippen LogP contribution is 2.15. The number of ketones is 1. The van der Waals surface area contributed by atoms with Gasteiger partial charge in [-0.2, -0.15) is 0 Å². The van der Waals surface area contributed by atoms with Crippen molar-refractivity contribution in [3.8, 4) is 5.75 Å². The summed E-state index contributed by atoms with van der Waals surface area (Å²) in [5, 5.41) is 12.3. The molecule has 0 heterocycles. The standard InChI is InChI=1S/C22H23N3O8/c1-3-31-22(30)33-24-20(25(2)21(29)15-7-5-4-6-8-15)18(23)19(28)14-9-11-16(12-10-14)32-13-17(26)27/h4-12,18H,3,13,23H2,1-2H3,(H,26,27). The number of carbonyl (C=O) groups excluding carboxylic acids is 3. The molecule has 3 N–H and O–H groups in total. The summed E-state index contributed by atoms with van der Waals surface area (Å²) in [4.78, 5) is 53.6. The number of ether oxygens (including phenoxy) is 2. The first-order chi connectivity index (χ1) is 15.7. The van der Waals surface area contributed by atoms with E-state index in [1.807, 2.05) is 0 Å². The first-order valence-electron chi connectivity index (χ1n) is 9.73. The Morgan fingerprint density at radius 3 is 2.24 bits per heavy atom. The van der Waals surface area contributed by atoms with Crippen LogP contribution in [0.25, 0.3) is 0 Å². The molecule has 0 saturated heterocycles. The van der Waals surface area contributed by atoms with E-state index in [4.69, 9.17) is 15.6 Å². The van der Waals surface area contributed by atoms with Gasteiger partial charge in [0.2, 0.25) is 0 Å². The maximum absolute atomic E-state index is 12.9. The lowest BCUT2D eigenvalue weighted by Crippen LogP contribution is -2.49. The molecule has 33 heavy (non-hydrogen) atoms. The number of nitrogens with two attached hydrogens (primary N) is 1. The number of carboxylic acids is 1. The maximum Gasteiger partial charge on any atom is 0.535 e. The van der Waals surface area contributed by atoms with Crippen molar-refractivity contribution >= 4 is 29.7 Å². The molecule has 11 nitrogen and oxygen atoms in total. The van der Waals surface area contributed by atoms with Gasteiger partial charge in [-0.05, 0) is 43.3 Å². The highest BCUT2D eigenvalue weighted by Gasteiger charge is 2.29. The molecule has 0 spiro atoms. The zero-order chi connectivity index (χ0) is 24.4. The number of likely N-dealkylation sites (N-methyl/N-ethyl adjacent to an activating group) is 1. The molecule has 2 aromatic rings. The summed E-state index contributed by atoms with van der Waals surface area (Å²) in [7, 11) is 1.33. The molecule has 1 amide bonds. The van der Waals surface area contributed by atoms with Crippen LogP contribution < -0.4 is 10.5 Å². The second kappa shape index (κ2) is 12.0. The predicted octanol–water partition coefficient (Wildman–Crippen LogP) is 1.92. The number of carbonyl (C=O) groups is 4. The number of carboxylic acid groups (broad SMARTS) is 1. The van der Waals surface area contributed by atoms with Gasteiger partial charge in [-0.1, -0.05) is 23.4 Å². The summed E-state index contributed by atoms with van der Waals surface area (Å²) in [6.45, 7) is 1.06. The van der Waals surface area contributed by atoms with Crippen LogP contribution in [0.5, 0.6) is 5.75 Å². The maximum atomic E-state index is 12.9. The summed E-state index contributed by atoms with van der Waals surface area (Å²) >= 11 is 0. The summed E-state index contributed by atoms with van der Waals surface area (Å²) in [5.74, 6) is -2.42. The highest BCUT2D eigenvalue weighted by molar-refractivity contribution is 6.19. The number of oxime groups is 1. The molecule has 0 aromatic heterocycles. The van der Waals surface area contributed by atoms with Gasteiger partial charge in [0.05, 0.1) is 6.61 Å². The SMILES string of the molecule is CCOC(=O)ON=C(C(N)C(=O)c1ccc(OCC(=O)O)cc1)N(C)C(=O)c1ccccc1. The first-order valence-corrected chi connectivity index (χ1v) is 9.73. The second-order valence-corrected chi connectivity index (χ2v) is 6.50. The molecule has 0 aliphatic rings. The van der Waals surface area contributed by atoms with Crippen molar-refractivity contribution in [1.29, 1.82) is 0 Å². The van der Waals surface area contributed by atoms with E-state index in [0.29, 0.717) is 5.56 Å². The molecule has 0 radical (unpaired) electrons. The molecule has 0 saturated carbocycles. The Kier molecular flexibility index (Phi) is 9.06. The minimum atomic E-state index is -1.48. The zero-order valence-corrected chi connectivity index (χ0v) is 18.0. The van der Waals surface area contributed by atoms with E-state index in [9.17, 15) is 19.2 Å². The van der Waals surface area contributed by atoms with Gasteiger partial charge in [0.15, 0.2) is 18.2 Å². The molecule has 174 valence electrons. The van der Waals surface area contributed by atoms with Crippen LogP contribution in [0, 0.1) is 0 Å². The molecule has 0 bridgehead atoms. The highest BCUT2D eigenvalue weighted by atomic mass is 16.8. The van der Waals surface area contributed by atoms with Gasteiger partial charge in [-0.15, -0.1) is 0 Å². The molecule has 2 rings (SSSR count). The lowest BCUT2D eigenvalue weighted by atomic mass is 10.0. The van der Waals surface area contributed by atoms with Crippen LogP contribution in [-0.2, 0) is 14.4 Å². The normalized spacial score (nSPS) is 11.8. The number of hydrogen-bond donors (Lipinski definition) is 2. The monoisotopic (exact) mass is 457 g/mol. The van der Waals surface area contributed by atoms with Crippen molar-refractivity contribution in [2.45, 2.75) is 13.0 Å². The number of Topliss-reactive ketones (excluding diaryl/α,β-unsaturated/α-hetero) is 1. The van der Waals surface area contributed by atoms with Crippen LogP contribution in [-0.4, -0.2) is 66.0 Å². The van der Waals surface area contributed by atoms with Crippen molar-refractivity contribution in [2.24, 2.45) is 10.9 Å². The third kappa shape index (κ3) is 7.14. The summed E-state index contributed by atoms with van der Waals surface area (Å²) in [6, 6.07) is 12.2. The number of benzene rings is 2. The van der Waals surface area contributed by atoms with Crippen molar-refractivity contribution < 1.29 is 38.6 Å². The fraction of sp³-hybridized carbons (Fsp3) is 0.227. The largest absolute Gasteiger partial charge is 0.535 e. The van der Waals surface area contributed by atoms with Crippen LogP contribution >= 0.6 is 0 Å².